The highest BCUT2D eigenvalue weighted by molar-refractivity contribution is 6.32. The van der Waals surface area contributed by atoms with Gasteiger partial charge in [0.1, 0.15) is 6.07 Å². The number of piperazine rings is 1. The highest BCUT2D eigenvalue weighted by atomic mass is 35.5. The van der Waals surface area contributed by atoms with Crippen LogP contribution in [0.15, 0.2) is 78.9 Å². The third kappa shape index (κ3) is 7.21. The Morgan fingerprint density at radius 2 is 1.53 bits per heavy atom. The largest absolute Gasteiger partial charge is 0.369 e. The fourth-order valence-electron chi connectivity index (χ4n) is 8.71. The Balaban J connectivity index is 0.851. The van der Waals surface area contributed by atoms with E-state index < -0.39 is 34.8 Å². The lowest BCUT2D eigenvalue weighted by Gasteiger charge is -2.49. The van der Waals surface area contributed by atoms with Gasteiger partial charge in [0.25, 0.3) is 11.8 Å². The van der Waals surface area contributed by atoms with Gasteiger partial charge >= 0.3 is 0 Å². The maximum absolute atomic E-state index is 16.0. The van der Waals surface area contributed by atoms with E-state index in [9.17, 15) is 29.2 Å². The standard InChI is InChI=1S/C45H43ClFN7O5/c1-28(4-15-40(56)49-27-55)53-41(57)35-13-12-33(21-36(35)42(53)58)51-18-16-50(17-19-51)24-45(47)25-52(26-45)32-9-5-29(6-10-32)30-8-14-39-37(20-30)44(2,3)43(59)54(39)34-11-7-31(23-48)38(46)22-34/h5-14,20-22,27-28H,4,15-19,24-26H2,1-3H3,(H,49,55,56). The zero-order chi connectivity index (χ0) is 41.8. The lowest BCUT2D eigenvalue weighted by molar-refractivity contribution is -0.125. The van der Waals surface area contributed by atoms with Gasteiger partial charge in [-0.2, -0.15) is 5.26 Å². The number of hydrogen-bond donors (Lipinski definition) is 1. The molecule has 0 aliphatic carbocycles. The average Bonchev–Trinajstić information content (AvgIpc) is 3.59. The first-order valence-corrected chi connectivity index (χ1v) is 20.0. The van der Waals surface area contributed by atoms with Crippen molar-refractivity contribution < 1.29 is 28.4 Å². The van der Waals surface area contributed by atoms with E-state index in [1.807, 2.05) is 67.3 Å². The van der Waals surface area contributed by atoms with Crippen LogP contribution < -0.4 is 20.0 Å². The van der Waals surface area contributed by atoms with E-state index in [0.29, 0.717) is 66.5 Å². The molecule has 4 aliphatic rings. The van der Waals surface area contributed by atoms with Crippen LogP contribution in [0.2, 0.25) is 5.02 Å². The average molecular weight is 816 g/mol. The van der Waals surface area contributed by atoms with Gasteiger partial charge in [-0.15, -0.1) is 0 Å². The van der Waals surface area contributed by atoms with E-state index in [-0.39, 0.29) is 31.8 Å². The first-order valence-electron chi connectivity index (χ1n) is 19.7. The minimum atomic E-state index is -1.35. The summed E-state index contributed by atoms with van der Waals surface area (Å²) >= 11 is 6.32. The molecule has 8 rings (SSSR count). The van der Waals surface area contributed by atoms with E-state index in [2.05, 4.69) is 21.2 Å². The molecule has 0 aromatic heterocycles. The molecule has 59 heavy (non-hydrogen) atoms. The smallest absolute Gasteiger partial charge is 0.261 e. The van der Waals surface area contributed by atoms with E-state index in [0.717, 1.165) is 33.8 Å². The summed E-state index contributed by atoms with van der Waals surface area (Å²) in [5.74, 6) is -1.35. The van der Waals surface area contributed by atoms with Crippen LogP contribution in [0.3, 0.4) is 0 Å². The molecular formula is C45H43ClFN7O5. The molecule has 1 N–H and O–H groups in total. The lowest BCUT2D eigenvalue weighted by atomic mass is 9.84. The minimum Gasteiger partial charge on any atom is -0.369 e. The molecule has 12 nitrogen and oxygen atoms in total. The number of fused-ring (bicyclic) bond motifs is 2. The van der Waals surface area contributed by atoms with Gasteiger partial charge in [-0.3, -0.25) is 44.0 Å². The van der Waals surface area contributed by atoms with E-state index in [1.54, 1.807) is 42.2 Å². The summed E-state index contributed by atoms with van der Waals surface area (Å²) in [6, 6.07) is 25.8. The van der Waals surface area contributed by atoms with Gasteiger partial charge in [0, 0.05) is 56.6 Å². The number of hydrogen-bond acceptors (Lipinski definition) is 9. The molecule has 2 fully saturated rings. The van der Waals surface area contributed by atoms with E-state index in [4.69, 9.17) is 11.6 Å². The Hall–Kier alpha value is -6.10. The first kappa shape index (κ1) is 39.7. The number of amides is 5. The number of imide groups is 2. The monoisotopic (exact) mass is 815 g/mol. The summed E-state index contributed by atoms with van der Waals surface area (Å²) in [6.07, 6.45) is 0.557. The van der Waals surface area contributed by atoms with Crippen molar-refractivity contribution in [3.8, 4) is 17.2 Å². The molecule has 0 bridgehead atoms. The Labute approximate surface area is 346 Å². The molecule has 1 unspecified atom stereocenters. The molecule has 4 aliphatic heterocycles. The number of anilines is 4. The molecule has 0 saturated carbocycles. The fraction of sp³-hybridized carbons (Fsp3) is 0.333. The molecule has 0 radical (unpaired) electrons. The number of nitriles is 1. The number of carbonyl (C=O) groups is 5. The number of nitrogens with one attached hydrogen (secondary N) is 1. The topological polar surface area (TPSA) is 137 Å². The number of rotatable bonds is 11. The summed E-state index contributed by atoms with van der Waals surface area (Å²) in [7, 11) is 0. The SMILES string of the molecule is CC(CCC(=O)NC=O)N1C(=O)c2ccc(N3CCN(CC4(F)CN(c5ccc(-c6ccc7c(c6)C(C)(C)C(=O)N7c6ccc(C#N)c(Cl)c6)cc5)C4)CC3)cc2C1=O. The van der Waals surface area contributed by atoms with Crippen LogP contribution in [0, 0.1) is 11.3 Å². The zero-order valence-electron chi connectivity index (χ0n) is 33.0. The number of nitrogens with zero attached hydrogens (tertiary/aromatic N) is 6. The maximum Gasteiger partial charge on any atom is 0.261 e. The summed E-state index contributed by atoms with van der Waals surface area (Å²) in [6.45, 7) is 9.00. The predicted octanol–water partition coefficient (Wildman–Crippen LogP) is 6.22. The molecule has 302 valence electrons. The van der Waals surface area contributed by atoms with Gasteiger partial charge in [-0.05, 0) is 105 Å². The maximum atomic E-state index is 16.0. The zero-order valence-corrected chi connectivity index (χ0v) is 33.8. The van der Waals surface area contributed by atoms with Crippen molar-refractivity contribution >= 4 is 64.4 Å². The van der Waals surface area contributed by atoms with Crippen LogP contribution in [0.25, 0.3) is 11.1 Å². The van der Waals surface area contributed by atoms with Crippen molar-refractivity contribution in [1.82, 2.24) is 15.1 Å². The molecule has 5 amide bonds. The van der Waals surface area contributed by atoms with Gasteiger partial charge in [-0.1, -0.05) is 29.8 Å². The molecule has 4 aromatic rings. The Morgan fingerprint density at radius 1 is 0.864 bits per heavy atom. The van der Waals surface area contributed by atoms with Crippen molar-refractivity contribution in [3.05, 3.63) is 106 Å². The number of benzene rings is 4. The van der Waals surface area contributed by atoms with Gasteiger partial charge in [0.2, 0.25) is 18.2 Å². The molecule has 4 heterocycles. The second-order valence-corrected chi connectivity index (χ2v) is 16.8. The van der Waals surface area contributed by atoms with Crippen molar-refractivity contribution in [2.24, 2.45) is 0 Å². The van der Waals surface area contributed by atoms with Crippen molar-refractivity contribution in [3.63, 3.8) is 0 Å². The highest BCUT2D eigenvalue weighted by Gasteiger charge is 2.46. The third-order valence-electron chi connectivity index (χ3n) is 12.1. The van der Waals surface area contributed by atoms with E-state index >= 15 is 4.39 Å². The summed E-state index contributed by atoms with van der Waals surface area (Å²) in [5, 5.41) is 11.7. The van der Waals surface area contributed by atoms with Crippen molar-refractivity contribution in [1.29, 1.82) is 5.26 Å². The van der Waals surface area contributed by atoms with Crippen LogP contribution in [-0.4, -0.2) is 97.4 Å². The molecule has 0 spiro atoms. The van der Waals surface area contributed by atoms with Gasteiger partial charge in [-0.25, -0.2) is 4.39 Å². The summed E-state index contributed by atoms with van der Waals surface area (Å²) in [4.78, 5) is 71.5. The number of alkyl halides is 1. The van der Waals surface area contributed by atoms with Crippen molar-refractivity contribution in [2.75, 3.05) is 60.5 Å². The van der Waals surface area contributed by atoms with Gasteiger partial charge in [0.05, 0.1) is 51.6 Å². The highest BCUT2D eigenvalue weighted by Crippen LogP contribution is 2.47. The van der Waals surface area contributed by atoms with Crippen LogP contribution in [0.5, 0.6) is 0 Å². The van der Waals surface area contributed by atoms with Crippen molar-refractivity contribution in [2.45, 2.75) is 50.7 Å². The van der Waals surface area contributed by atoms with Crippen LogP contribution in [0.1, 0.15) is 65.5 Å². The third-order valence-corrected chi connectivity index (χ3v) is 12.4. The molecule has 2 saturated heterocycles. The second kappa shape index (κ2) is 15.3. The Kier molecular flexibility index (Phi) is 10.3. The van der Waals surface area contributed by atoms with Crippen LogP contribution >= 0.6 is 11.6 Å². The Morgan fingerprint density at radius 3 is 2.20 bits per heavy atom. The predicted molar refractivity (Wildman–Crippen MR) is 223 cm³/mol. The van der Waals surface area contributed by atoms with E-state index in [1.165, 1.54) is 4.90 Å². The minimum absolute atomic E-state index is 0.00992. The first-order chi connectivity index (χ1) is 28.2. The normalized spacial score (nSPS) is 18.6. The lowest BCUT2D eigenvalue weighted by Crippen LogP contribution is -2.65. The molecule has 1 atom stereocenters. The van der Waals surface area contributed by atoms with Gasteiger partial charge in [0.15, 0.2) is 5.67 Å². The summed E-state index contributed by atoms with van der Waals surface area (Å²) < 4.78 is 16.0. The van der Waals surface area contributed by atoms with Gasteiger partial charge < -0.3 is 9.80 Å². The molecular weight excluding hydrogens is 773 g/mol. The fourth-order valence-corrected chi connectivity index (χ4v) is 8.92. The molecule has 4 aromatic carbocycles. The second-order valence-electron chi connectivity index (χ2n) is 16.4. The quantitative estimate of drug-likeness (QED) is 0.138. The number of halogens is 2. The number of carbonyl (C=O) groups excluding carboxylic acids is 5. The Bertz CT molecular complexity index is 2440. The van der Waals surface area contributed by atoms with Crippen LogP contribution in [0.4, 0.5) is 27.1 Å². The molecule has 14 heteroatoms. The van der Waals surface area contributed by atoms with Crippen LogP contribution in [-0.2, 0) is 19.8 Å². The summed E-state index contributed by atoms with van der Waals surface area (Å²) in [5.41, 5.74) is 4.86.